The van der Waals surface area contributed by atoms with Gasteiger partial charge in [0, 0.05) is 10.7 Å². The van der Waals surface area contributed by atoms with Gasteiger partial charge in [0.15, 0.2) is 15.5 Å². The van der Waals surface area contributed by atoms with Crippen molar-refractivity contribution in [3.05, 3.63) is 5.15 Å². The van der Waals surface area contributed by atoms with E-state index in [1.807, 2.05) is 5.37 Å². The average molecular weight is 258 g/mol. The fourth-order valence-electron chi connectivity index (χ4n) is 1.06. The number of hydrogen-bond donors (Lipinski definition) is 0. The monoisotopic (exact) mass is 257 g/mol. The largest absolute Gasteiger partial charge is 0.405 e. The Morgan fingerprint density at radius 3 is 2.92 bits per heavy atom. The first-order valence-electron chi connectivity index (χ1n) is 3.19. The summed E-state index contributed by atoms with van der Waals surface area (Å²) in [7, 11) is 1.38. The molecule has 1 aromatic heterocycles. The molecule has 0 fully saturated rings. The predicted molar refractivity (Wildman–Crippen MR) is 52.0 cm³/mol. The smallest absolute Gasteiger partial charge is 0.254 e. The van der Waals surface area contributed by atoms with Crippen molar-refractivity contribution in [2.24, 2.45) is 0 Å². The van der Waals surface area contributed by atoms with Crippen molar-refractivity contribution in [2.75, 3.05) is 0 Å². The lowest BCUT2D eigenvalue weighted by Crippen LogP contribution is -2.04. The molecule has 0 atom stereocenters. The molecule has 0 bridgehead atoms. The highest BCUT2D eigenvalue weighted by molar-refractivity contribution is 8.13. The predicted octanol–water partition coefficient (Wildman–Crippen LogP) is 0.721. The highest BCUT2D eigenvalue weighted by atomic mass is 35.7. The molecule has 1 aromatic rings. The van der Waals surface area contributed by atoms with Gasteiger partial charge < -0.3 is 0 Å². The quantitative estimate of drug-likeness (QED) is 0.423. The second-order valence-electron chi connectivity index (χ2n) is 2.32. The van der Waals surface area contributed by atoms with Crippen LogP contribution in [0, 0.1) is 0 Å². The van der Waals surface area contributed by atoms with Crippen LogP contribution in [0.3, 0.4) is 0 Å². The Kier molecular flexibility index (Phi) is 2.10. The van der Waals surface area contributed by atoms with Crippen LogP contribution in [0.5, 0.6) is 0 Å². The first-order valence-corrected chi connectivity index (χ1v) is 6.76. The van der Waals surface area contributed by atoms with Gasteiger partial charge >= 0.3 is 5.16 Å². The molecule has 2 heterocycles. The summed E-state index contributed by atoms with van der Waals surface area (Å²) >= 11 is 6.96. The van der Waals surface area contributed by atoms with Gasteiger partial charge in [-0.1, -0.05) is 11.6 Å². The molecule has 2 rings (SSSR count). The van der Waals surface area contributed by atoms with E-state index in [0.29, 0.717) is 11.7 Å². The Labute approximate surface area is 87.9 Å². The summed E-state index contributed by atoms with van der Waals surface area (Å²) in [4.78, 5) is 3.85. The maximum absolute atomic E-state index is 11.1. The summed E-state index contributed by atoms with van der Waals surface area (Å²) in [6.07, 6.45) is 0. The minimum atomic E-state index is -3.81. The van der Waals surface area contributed by atoms with E-state index in [1.54, 1.807) is 0 Å². The molecule has 1 aliphatic rings. The van der Waals surface area contributed by atoms with Crippen LogP contribution in [0.4, 0.5) is 0 Å². The van der Waals surface area contributed by atoms with E-state index in [2.05, 4.69) is 4.98 Å². The minimum Gasteiger partial charge on any atom is -0.254 e. The highest BCUT2D eigenvalue weighted by Gasteiger charge is 2.32. The SMILES string of the molecule is O=S(=O)(Cl)c1c(Cl)nc2n1CC=[S+]2. The standard InChI is InChI=1S/C5H3Cl2N2O2S2/c6-3-4(13(7,10)11)9-1-2-12-5(9)8-3/h2H,1H2/q+1. The third-order valence-corrected chi connectivity index (χ3v) is 4.05. The molecular weight excluding hydrogens is 255 g/mol. The molecule has 4 nitrogen and oxygen atoms in total. The summed E-state index contributed by atoms with van der Waals surface area (Å²) in [6, 6.07) is 0. The molecule has 0 radical (unpaired) electrons. The topological polar surface area (TPSA) is 52.0 Å². The second kappa shape index (κ2) is 2.91. The Morgan fingerprint density at radius 1 is 1.62 bits per heavy atom. The van der Waals surface area contributed by atoms with Gasteiger partial charge in [-0.05, 0) is 0 Å². The lowest BCUT2D eigenvalue weighted by molar-refractivity contribution is 0.593. The van der Waals surface area contributed by atoms with Crippen molar-refractivity contribution >= 4 is 48.1 Å². The van der Waals surface area contributed by atoms with Gasteiger partial charge in [-0.25, -0.2) is 8.42 Å². The molecule has 13 heavy (non-hydrogen) atoms. The zero-order valence-corrected chi connectivity index (χ0v) is 9.21. The van der Waals surface area contributed by atoms with E-state index in [1.165, 1.54) is 15.9 Å². The first-order chi connectivity index (χ1) is 6.00. The molecular formula is C5H3Cl2N2O2S2+. The van der Waals surface area contributed by atoms with Gasteiger partial charge in [-0.3, -0.25) is 4.57 Å². The molecule has 0 saturated carbocycles. The van der Waals surface area contributed by atoms with Gasteiger partial charge in [-0.2, -0.15) is 4.98 Å². The van der Waals surface area contributed by atoms with Crippen molar-refractivity contribution in [1.82, 2.24) is 9.55 Å². The summed E-state index contributed by atoms with van der Waals surface area (Å²) in [6.45, 7) is 0.459. The number of rotatable bonds is 1. The van der Waals surface area contributed by atoms with E-state index in [-0.39, 0.29) is 10.2 Å². The second-order valence-corrected chi connectivity index (χ2v) is 6.10. The third kappa shape index (κ3) is 1.48. The van der Waals surface area contributed by atoms with E-state index >= 15 is 0 Å². The van der Waals surface area contributed by atoms with Gasteiger partial charge in [0.25, 0.3) is 20.4 Å². The van der Waals surface area contributed by atoms with Crippen LogP contribution in [0.1, 0.15) is 0 Å². The van der Waals surface area contributed by atoms with Crippen molar-refractivity contribution < 1.29 is 8.42 Å². The number of nitrogens with zero attached hydrogens (tertiary/aromatic N) is 2. The zero-order chi connectivity index (χ0) is 9.64. The van der Waals surface area contributed by atoms with Crippen LogP contribution in [-0.4, -0.2) is 23.3 Å². The summed E-state index contributed by atoms with van der Waals surface area (Å²) in [5.41, 5.74) is 0. The number of aromatic nitrogens is 2. The Balaban J connectivity index is 2.74. The Bertz CT molecular complexity index is 491. The molecule has 1 aliphatic heterocycles. The van der Waals surface area contributed by atoms with Crippen LogP contribution in [0.15, 0.2) is 10.2 Å². The molecule has 0 spiro atoms. The normalized spacial score (nSPS) is 14.9. The molecule has 0 aromatic carbocycles. The highest BCUT2D eigenvalue weighted by Crippen LogP contribution is 2.27. The van der Waals surface area contributed by atoms with Crippen LogP contribution in [0.2, 0.25) is 5.15 Å². The molecule has 70 valence electrons. The van der Waals surface area contributed by atoms with Crippen molar-refractivity contribution in [2.45, 2.75) is 16.7 Å². The maximum atomic E-state index is 11.1. The summed E-state index contributed by atoms with van der Waals surface area (Å²) < 4.78 is 23.6. The zero-order valence-electron chi connectivity index (χ0n) is 6.07. The first kappa shape index (κ1) is 9.39. The van der Waals surface area contributed by atoms with E-state index in [0.717, 1.165) is 0 Å². The van der Waals surface area contributed by atoms with Crippen LogP contribution >= 0.6 is 22.3 Å². The number of hydrogen-bond acceptors (Lipinski definition) is 3. The lowest BCUT2D eigenvalue weighted by atomic mass is 10.7. The molecule has 8 heteroatoms. The van der Waals surface area contributed by atoms with Gasteiger partial charge in [0.2, 0.25) is 0 Å². The molecule has 0 N–H and O–H groups in total. The molecule has 0 amide bonds. The molecule has 0 saturated heterocycles. The number of halogens is 2. The Morgan fingerprint density at radius 2 is 2.31 bits per heavy atom. The summed E-state index contributed by atoms with van der Waals surface area (Å²) in [5.74, 6) is 0. The van der Waals surface area contributed by atoms with Crippen LogP contribution in [-0.2, 0) is 26.9 Å². The maximum Gasteiger partial charge on any atom is 0.405 e. The van der Waals surface area contributed by atoms with E-state index < -0.39 is 9.05 Å². The number of imidazole rings is 1. The third-order valence-electron chi connectivity index (χ3n) is 1.52. The average Bonchev–Trinajstić information content (AvgIpc) is 2.41. The fraction of sp³-hybridized carbons (Fsp3) is 0.200. The van der Waals surface area contributed by atoms with Gasteiger partial charge in [-0.15, -0.1) is 0 Å². The minimum absolute atomic E-state index is 0.0643. The van der Waals surface area contributed by atoms with Gasteiger partial charge in [0.1, 0.15) is 6.54 Å². The molecule has 0 aliphatic carbocycles. The van der Waals surface area contributed by atoms with Crippen molar-refractivity contribution in [3.63, 3.8) is 0 Å². The molecule has 0 unspecified atom stereocenters. The summed E-state index contributed by atoms with van der Waals surface area (Å²) in [5, 5.41) is 2.20. The van der Waals surface area contributed by atoms with Crippen LogP contribution in [0.25, 0.3) is 0 Å². The Hall–Kier alpha value is -0.170. The van der Waals surface area contributed by atoms with Gasteiger partial charge in [0.05, 0.1) is 0 Å². The fourth-order valence-corrected chi connectivity index (χ4v) is 3.72. The lowest BCUT2D eigenvalue weighted by Gasteiger charge is -1.95. The number of fused-ring (bicyclic) bond motifs is 1. The van der Waals surface area contributed by atoms with E-state index in [9.17, 15) is 8.42 Å². The van der Waals surface area contributed by atoms with E-state index in [4.69, 9.17) is 22.3 Å². The van der Waals surface area contributed by atoms with Crippen molar-refractivity contribution in [3.8, 4) is 0 Å². The van der Waals surface area contributed by atoms with Crippen LogP contribution < -0.4 is 0 Å². The van der Waals surface area contributed by atoms with Crippen molar-refractivity contribution in [1.29, 1.82) is 0 Å².